The van der Waals surface area contributed by atoms with E-state index in [2.05, 4.69) is 24.3 Å². The van der Waals surface area contributed by atoms with Gasteiger partial charge in [-0.1, -0.05) is 30.3 Å². The van der Waals surface area contributed by atoms with E-state index in [0.29, 0.717) is 5.69 Å². The predicted octanol–water partition coefficient (Wildman–Crippen LogP) is 1.47. The van der Waals surface area contributed by atoms with Crippen LogP contribution < -0.4 is 4.90 Å². The highest BCUT2D eigenvalue weighted by molar-refractivity contribution is 5.96. The maximum atomic E-state index is 13.1. The first-order chi connectivity index (χ1) is 14.9. The van der Waals surface area contributed by atoms with Gasteiger partial charge in [0.2, 0.25) is 5.91 Å². The number of fused-ring (bicyclic) bond motifs is 1. The molecule has 0 saturated carbocycles. The minimum absolute atomic E-state index is 0.0405. The summed E-state index contributed by atoms with van der Waals surface area (Å²) in [5.41, 5.74) is 3.54. The number of hydrogen-bond donors (Lipinski definition) is 1. The topological polar surface area (TPSA) is 60.9 Å². The van der Waals surface area contributed by atoms with Crippen LogP contribution in [0.2, 0.25) is 0 Å². The second-order valence-corrected chi connectivity index (χ2v) is 8.56. The number of aryl methyl sites for hydroxylation is 1. The molecule has 164 valence electrons. The van der Waals surface area contributed by atoms with Crippen LogP contribution in [0.4, 0.5) is 0 Å². The Kier molecular flexibility index (Phi) is 6.13. The molecular weight excluding hydrogens is 392 g/mol. The van der Waals surface area contributed by atoms with Crippen LogP contribution in [0, 0.1) is 0 Å². The molecule has 1 aromatic carbocycles. The van der Waals surface area contributed by atoms with E-state index in [1.165, 1.54) is 10.5 Å². The third-order valence-electron chi connectivity index (χ3n) is 5.92. The van der Waals surface area contributed by atoms with Gasteiger partial charge in [-0.3, -0.25) is 4.79 Å². The van der Waals surface area contributed by atoms with Crippen LogP contribution in [0.3, 0.4) is 0 Å². The van der Waals surface area contributed by atoms with Crippen LogP contribution in [-0.2, 0) is 29.7 Å². The van der Waals surface area contributed by atoms with E-state index in [1.54, 1.807) is 4.57 Å². The van der Waals surface area contributed by atoms with Crippen LogP contribution in [-0.4, -0.2) is 58.2 Å². The zero-order chi connectivity index (χ0) is 22.0. The van der Waals surface area contributed by atoms with Crippen molar-refractivity contribution < 1.29 is 19.2 Å². The van der Waals surface area contributed by atoms with Gasteiger partial charge in [0.25, 0.3) is 0 Å². The van der Waals surface area contributed by atoms with Gasteiger partial charge in [-0.2, -0.15) is 0 Å². The summed E-state index contributed by atoms with van der Waals surface area (Å²) in [6.45, 7) is 8.09. The zero-order valence-electron chi connectivity index (χ0n) is 18.5. The highest BCUT2D eigenvalue weighted by Gasteiger charge is 2.26. The number of piperazine rings is 1. The van der Waals surface area contributed by atoms with Crippen LogP contribution >= 0.6 is 0 Å². The first-order valence-electron chi connectivity index (χ1n) is 10.9. The number of ether oxygens (including phenoxy) is 1. The lowest BCUT2D eigenvalue weighted by atomic mass is 10.2. The van der Waals surface area contributed by atoms with Crippen LogP contribution in [0.1, 0.15) is 29.9 Å². The van der Waals surface area contributed by atoms with Gasteiger partial charge in [-0.05, 0) is 26.0 Å². The average Bonchev–Trinajstić information content (AvgIpc) is 3.29. The molecule has 3 heterocycles. The molecule has 1 saturated heterocycles. The molecule has 0 spiro atoms. The molecule has 0 radical (unpaired) electrons. The second-order valence-electron chi connectivity index (χ2n) is 8.56. The maximum absolute atomic E-state index is 13.1. The van der Waals surface area contributed by atoms with E-state index in [4.69, 9.17) is 4.74 Å². The molecular formula is C24H31N4O3+. The molecule has 4 rings (SSSR count). The number of rotatable bonds is 6. The molecule has 0 atom stereocenters. The Morgan fingerprint density at radius 1 is 1.06 bits per heavy atom. The van der Waals surface area contributed by atoms with E-state index in [-0.39, 0.29) is 18.6 Å². The Labute approximate surface area is 182 Å². The van der Waals surface area contributed by atoms with Crippen molar-refractivity contribution in [3.05, 3.63) is 59.9 Å². The summed E-state index contributed by atoms with van der Waals surface area (Å²) in [5, 5.41) is 0. The lowest BCUT2D eigenvalue weighted by molar-refractivity contribution is -0.917. The van der Waals surface area contributed by atoms with Crippen molar-refractivity contribution in [3.8, 4) is 0 Å². The van der Waals surface area contributed by atoms with Gasteiger partial charge in [0.05, 0.1) is 43.3 Å². The fraction of sp³-hybridized carbons (Fsp3) is 0.417. The molecule has 3 aromatic rings. The maximum Gasteiger partial charge on any atom is 0.355 e. The van der Waals surface area contributed by atoms with Crippen molar-refractivity contribution in [1.29, 1.82) is 0 Å². The van der Waals surface area contributed by atoms with Crippen molar-refractivity contribution in [2.24, 2.45) is 7.05 Å². The molecule has 0 aliphatic carbocycles. The van der Waals surface area contributed by atoms with Gasteiger partial charge in [0.15, 0.2) is 0 Å². The smallest absolute Gasteiger partial charge is 0.355 e. The predicted molar refractivity (Wildman–Crippen MR) is 119 cm³/mol. The molecule has 0 bridgehead atoms. The minimum Gasteiger partial charge on any atom is -0.458 e. The highest BCUT2D eigenvalue weighted by Crippen LogP contribution is 2.22. The van der Waals surface area contributed by atoms with E-state index in [9.17, 15) is 9.59 Å². The number of carbonyl (C=O) groups excluding carboxylic acids is 2. The normalized spacial score (nSPS) is 15.0. The monoisotopic (exact) mass is 423 g/mol. The van der Waals surface area contributed by atoms with Gasteiger partial charge in [-0.15, -0.1) is 0 Å². The van der Waals surface area contributed by atoms with E-state index in [0.717, 1.165) is 43.8 Å². The van der Waals surface area contributed by atoms with Crippen molar-refractivity contribution in [1.82, 2.24) is 14.0 Å². The molecule has 1 aliphatic heterocycles. The van der Waals surface area contributed by atoms with Crippen molar-refractivity contribution >= 4 is 22.9 Å². The molecule has 7 heteroatoms. The SMILES string of the molecule is CC(C)OC(=O)c1cc2c(ccn2C)n1CC(=O)N1CC[NH+](Cc2ccccc2)CC1. The van der Waals surface area contributed by atoms with Crippen LogP contribution in [0.15, 0.2) is 48.7 Å². The minimum atomic E-state index is -0.392. The molecule has 1 aliphatic rings. The average molecular weight is 424 g/mol. The second kappa shape index (κ2) is 8.98. The Bertz CT molecular complexity index is 1060. The molecule has 31 heavy (non-hydrogen) atoms. The largest absolute Gasteiger partial charge is 0.458 e. The number of hydrogen-bond acceptors (Lipinski definition) is 3. The number of carbonyl (C=O) groups is 2. The third-order valence-corrected chi connectivity index (χ3v) is 5.92. The lowest BCUT2D eigenvalue weighted by Gasteiger charge is -2.32. The van der Waals surface area contributed by atoms with Crippen molar-refractivity contribution in [2.75, 3.05) is 26.2 Å². The summed E-state index contributed by atoms with van der Waals surface area (Å²) in [7, 11) is 1.93. The highest BCUT2D eigenvalue weighted by atomic mass is 16.5. The Balaban J connectivity index is 1.44. The Morgan fingerprint density at radius 3 is 2.45 bits per heavy atom. The summed E-state index contributed by atoms with van der Waals surface area (Å²) in [4.78, 5) is 29.2. The van der Waals surface area contributed by atoms with Crippen molar-refractivity contribution in [3.63, 3.8) is 0 Å². The molecule has 1 N–H and O–H groups in total. The molecule has 2 aromatic heterocycles. The summed E-state index contributed by atoms with van der Waals surface area (Å²) < 4.78 is 9.17. The number of amides is 1. The van der Waals surface area contributed by atoms with Crippen LogP contribution in [0.5, 0.6) is 0 Å². The lowest BCUT2D eigenvalue weighted by Crippen LogP contribution is -3.13. The molecule has 0 unspecified atom stereocenters. The Morgan fingerprint density at radius 2 is 1.77 bits per heavy atom. The van der Waals surface area contributed by atoms with E-state index in [1.807, 2.05) is 54.8 Å². The van der Waals surface area contributed by atoms with Gasteiger partial charge < -0.3 is 23.7 Å². The van der Waals surface area contributed by atoms with E-state index < -0.39 is 5.97 Å². The number of nitrogens with one attached hydrogen (secondary N) is 1. The standard InChI is InChI=1S/C24H30N4O3/c1-18(2)31-24(30)22-15-21-20(9-10-25(21)3)28(22)17-23(29)27-13-11-26(12-14-27)16-19-7-5-4-6-8-19/h4-10,15,18H,11-14,16-17H2,1-3H3/p+1. The summed E-state index contributed by atoms with van der Waals surface area (Å²) in [6, 6.07) is 14.2. The number of benzene rings is 1. The molecule has 7 nitrogen and oxygen atoms in total. The first-order valence-corrected chi connectivity index (χ1v) is 10.9. The van der Waals surface area contributed by atoms with E-state index >= 15 is 0 Å². The molecule has 1 fully saturated rings. The Hall–Kier alpha value is -3.06. The van der Waals surface area contributed by atoms with Crippen LogP contribution in [0.25, 0.3) is 11.0 Å². The summed E-state index contributed by atoms with van der Waals surface area (Å²) >= 11 is 0. The van der Waals surface area contributed by atoms with Gasteiger partial charge in [0.1, 0.15) is 18.8 Å². The first kappa shape index (κ1) is 21.2. The quantitative estimate of drug-likeness (QED) is 0.611. The third kappa shape index (κ3) is 4.66. The zero-order valence-corrected chi connectivity index (χ0v) is 18.5. The van der Waals surface area contributed by atoms with Crippen molar-refractivity contribution in [2.45, 2.75) is 33.0 Å². The van der Waals surface area contributed by atoms with Gasteiger partial charge in [-0.25, -0.2) is 4.79 Å². The fourth-order valence-corrected chi connectivity index (χ4v) is 4.25. The number of nitrogens with zero attached hydrogens (tertiary/aromatic N) is 3. The summed E-state index contributed by atoms with van der Waals surface area (Å²) in [5.74, 6) is -0.352. The number of esters is 1. The number of quaternary nitrogens is 1. The summed E-state index contributed by atoms with van der Waals surface area (Å²) in [6.07, 6.45) is 1.73. The van der Waals surface area contributed by atoms with Gasteiger partial charge in [0, 0.05) is 18.8 Å². The van der Waals surface area contributed by atoms with Gasteiger partial charge >= 0.3 is 5.97 Å². The fourth-order valence-electron chi connectivity index (χ4n) is 4.25. The number of aromatic nitrogens is 2. The molecule has 1 amide bonds.